The third-order valence-corrected chi connectivity index (χ3v) is 7.84. The summed E-state index contributed by atoms with van der Waals surface area (Å²) in [6.07, 6.45) is 5.21. The standard InChI is InChI=1S/C35H47N7O4/c1-7-45-33(43)28-20-23(21-30(39-28)35(2,3)4)38-34(44)40-27-16-17-29(26-13-9-8-12-25(26)27)46-24-15-18-32(37)42(22-24)31(36)14-10-11-19-41(5)6/h8-9,12-13,15,18,20-22,27,29,36-37H,7,10-11,14,16-17,19H2,1-6H3,(H2,38,39,40,44)/t27-,29+/m0/s1. The van der Waals surface area contributed by atoms with Gasteiger partial charge in [0.25, 0.3) is 0 Å². The van der Waals surface area contributed by atoms with E-state index in [0.717, 1.165) is 30.5 Å². The minimum absolute atomic E-state index is 0.145. The Morgan fingerprint density at radius 2 is 1.80 bits per heavy atom. The van der Waals surface area contributed by atoms with Gasteiger partial charge in [-0.1, -0.05) is 45.0 Å². The number of unbranched alkanes of at least 4 members (excludes halogenated alkanes) is 1. The summed E-state index contributed by atoms with van der Waals surface area (Å²) in [5.41, 5.74) is 3.09. The molecule has 4 N–H and O–H groups in total. The van der Waals surface area contributed by atoms with Crippen LogP contribution < -0.4 is 20.9 Å². The van der Waals surface area contributed by atoms with Gasteiger partial charge in [-0.2, -0.15) is 0 Å². The van der Waals surface area contributed by atoms with Crippen molar-refractivity contribution in [1.82, 2.24) is 19.8 Å². The molecule has 11 nitrogen and oxygen atoms in total. The summed E-state index contributed by atoms with van der Waals surface area (Å²) >= 11 is 0. The fourth-order valence-electron chi connectivity index (χ4n) is 5.42. The van der Waals surface area contributed by atoms with Crippen molar-refractivity contribution in [1.29, 1.82) is 10.8 Å². The number of nitrogens with one attached hydrogen (secondary N) is 4. The summed E-state index contributed by atoms with van der Waals surface area (Å²) in [5.74, 6) is 0.415. The Balaban J connectivity index is 1.46. The number of pyridine rings is 2. The van der Waals surface area contributed by atoms with Crippen molar-refractivity contribution in [2.75, 3.05) is 32.6 Å². The van der Waals surface area contributed by atoms with Gasteiger partial charge in [-0.25, -0.2) is 14.6 Å². The zero-order valence-corrected chi connectivity index (χ0v) is 27.8. The van der Waals surface area contributed by atoms with Crippen molar-refractivity contribution in [2.24, 2.45) is 0 Å². The Morgan fingerprint density at radius 1 is 1.07 bits per heavy atom. The van der Waals surface area contributed by atoms with E-state index in [9.17, 15) is 9.59 Å². The number of anilines is 1. The molecule has 3 aromatic rings. The monoisotopic (exact) mass is 629 g/mol. The van der Waals surface area contributed by atoms with E-state index in [4.69, 9.17) is 20.3 Å². The fraction of sp³-hybridized carbons (Fsp3) is 0.457. The zero-order valence-electron chi connectivity index (χ0n) is 27.8. The van der Waals surface area contributed by atoms with Gasteiger partial charge in [-0.05, 0) is 88.6 Å². The van der Waals surface area contributed by atoms with Crippen LogP contribution in [0.2, 0.25) is 0 Å². The van der Waals surface area contributed by atoms with Crippen molar-refractivity contribution in [2.45, 2.75) is 77.4 Å². The highest BCUT2D eigenvalue weighted by Gasteiger charge is 2.30. The van der Waals surface area contributed by atoms with Crippen LogP contribution >= 0.6 is 0 Å². The molecule has 1 aliphatic carbocycles. The molecule has 2 heterocycles. The van der Waals surface area contributed by atoms with E-state index in [0.29, 0.717) is 42.2 Å². The van der Waals surface area contributed by atoms with E-state index in [-0.39, 0.29) is 35.3 Å². The molecule has 2 aromatic heterocycles. The molecular weight excluding hydrogens is 582 g/mol. The second kappa shape index (κ2) is 15.2. The molecule has 0 radical (unpaired) electrons. The first kappa shape index (κ1) is 34.4. The summed E-state index contributed by atoms with van der Waals surface area (Å²) in [4.78, 5) is 32.3. The number of nitrogens with zero attached hydrogens (tertiary/aromatic N) is 3. The molecule has 4 rings (SSSR count). The number of aromatic nitrogens is 2. The molecule has 0 fully saturated rings. The van der Waals surface area contributed by atoms with E-state index in [1.165, 1.54) is 6.07 Å². The first-order valence-corrected chi connectivity index (χ1v) is 15.9. The number of carbonyl (C=O) groups excluding carboxylic acids is 2. The lowest BCUT2D eigenvalue weighted by molar-refractivity contribution is 0.0519. The van der Waals surface area contributed by atoms with Crippen molar-refractivity contribution < 1.29 is 19.1 Å². The first-order chi connectivity index (χ1) is 21.8. The zero-order chi connectivity index (χ0) is 33.4. The first-order valence-electron chi connectivity index (χ1n) is 15.9. The van der Waals surface area contributed by atoms with Crippen molar-refractivity contribution in [3.05, 3.63) is 82.7 Å². The summed E-state index contributed by atoms with van der Waals surface area (Å²) in [6.45, 7) is 8.90. The molecule has 0 unspecified atom stereocenters. The largest absolute Gasteiger partial charge is 0.484 e. The molecule has 1 aromatic carbocycles. The number of hydrogen-bond acceptors (Lipinski definition) is 8. The Bertz CT molecular complexity index is 1610. The lowest BCUT2D eigenvalue weighted by Gasteiger charge is -2.32. The number of ether oxygens (including phenoxy) is 2. The molecule has 1 aliphatic rings. The Labute approximate surface area is 271 Å². The molecule has 0 saturated carbocycles. The summed E-state index contributed by atoms with van der Waals surface area (Å²) in [5, 5.41) is 22.9. The Kier molecular flexibility index (Phi) is 11.3. The lowest BCUT2D eigenvalue weighted by atomic mass is 9.85. The molecule has 2 atom stereocenters. The number of hydrogen-bond donors (Lipinski definition) is 4. The van der Waals surface area contributed by atoms with Gasteiger partial charge >= 0.3 is 12.0 Å². The predicted molar refractivity (Wildman–Crippen MR) is 179 cm³/mol. The van der Waals surface area contributed by atoms with Gasteiger partial charge in [0, 0.05) is 23.2 Å². The maximum absolute atomic E-state index is 13.3. The smallest absolute Gasteiger partial charge is 0.356 e. The van der Waals surface area contributed by atoms with Crippen LogP contribution in [0.4, 0.5) is 10.5 Å². The molecule has 0 bridgehead atoms. The highest BCUT2D eigenvalue weighted by atomic mass is 16.5. The fourth-order valence-corrected chi connectivity index (χ4v) is 5.42. The van der Waals surface area contributed by atoms with Crippen LogP contribution in [0.5, 0.6) is 5.75 Å². The lowest BCUT2D eigenvalue weighted by Crippen LogP contribution is -2.35. The maximum Gasteiger partial charge on any atom is 0.356 e. The summed E-state index contributed by atoms with van der Waals surface area (Å²) < 4.78 is 13.2. The van der Waals surface area contributed by atoms with E-state index < -0.39 is 12.0 Å². The second-order valence-electron chi connectivity index (χ2n) is 12.9. The highest BCUT2D eigenvalue weighted by Crippen LogP contribution is 2.38. The van der Waals surface area contributed by atoms with Gasteiger partial charge in [0.15, 0.2) is 5.69 Å². The highest BCUT2D eigenvalue weighted by molar-refractivity contribution is 5.93. The molecule has 246 valence electrons. The summed E-state index contributed by atoms with van der Waals surface area (Å²) in [6, 6.07) is 14.0. The van der Waals surface area contributed by atoms with Crippen LogP contribution in [0, 0.1) is 10.8 Å². The number of carbonyl (C=O) groups is 2. The Morgan fingerprint density at radius 3 is 2.50 bits per heavy atom. The van der Waals surface area contributed by atoms with E-state index in [2.05, 4.69) is 20.5 Å². The van der Waals surface area contributed by atoms with Crippen LogP contribution in [0.25, 0.3) is 0 Å². The van der Waals surface area contributed by atoms with Gasteiger partial charge < -0.3 is 25.0 Å². The molecule has 11 heteroatoms. The van der Waals surface area contributed by atoms with Gasteiger partial charge in [0.2, 0.25) is 0 Å². The summed E-state index contributed by atoms with van der Waals surface area (Å²) in [7, 11) is 4.07. The number of rotatable bonds is 11. The van der Waals surface area contributed by atoms with Crippen molar-refractivity contribution in [3.63, 3.8) is 0 Å². The van der Waals surface area contributed by atoms with Crippen LogP contribution in [-0.4, -0.2) is 59.5 Å². The maximum atomic E-state index is 13.3. The predicted octanol–water partition coefficient (Wildman–Crippen LogP) is 6.17. The average molecular weight is 630 g/mol. The number of fused-ring (bicyclic) bond motifs is 1. The third-order valence-electron chi connectivity index (χ3n) is 7.84. The molecule has 0 aliphatic heterocycles. The second-order valence-corrected chi connectivity index (χ2v) is 12.9. The normalized spacial score (nSPS) is 16.0. The number of amides is 2. The van der Waals surface area contributed by atoms with Crippen molar-refractivity contribution in [3.8, 4) is 5.75 Å². The SMILES string of the molecule is CCOC(=O)c1cc(NC(=O)N[C@H]2CC[C@@H](Oc3ccc(=N)n(C(=N)CCCCN(C)C)c3)c3ccccc32)cc(C(C)(C)C)n1. The molecule has 46 heavy (non-hydrogen) atoms. The van der Waals surface area contributed by atoms with E-state index in [1.807, 2.05) is 59.1 Å². The third kappa shape index (κ3) is 9.03. The molecular formula is C35H47N7O4. The van der Waals surface area contributed by atoms with Crippen molar-refractivity contribution >= 4 is 23.5 Å². The Hall–Kier alpha value is -4.51. The number of benzene rings is 1. The van der Waals surface area contributed by atoms with Gasteiger partial charge in [0.1, 0.15) is 23.2 Å². The molecule has 2 amide bonds. The minimum atomic E-state index is -0.538. The van der Waals surface area contributed by atoms with Crippen LogP contribution in [0.3, 0.4) is 0 Å². The molecule has 0 spiro atoms. The van der Waals surface area contributed by atoms with Crippen LogP contribution in [0.1, 0.15) is 99.3 Å². The van der Waals surface area contributed by atoms with Crippen LogP contribution in [-0.2, 0) is 10.2 Å². The van der Waals surface area contributed by atoms with Gasteiger partial charge in [-0.15, -0.1) is 0 Å². The quantitative estimate of drug-likeness (QED) is 0.0864. The average Bonchev–Trinajstić information content (AvgIpc) is 3.00. The van der Waals surface area contributed by atoms with E-state index >= 15 is 0 Å². The van der Waals surface area contributed by atoms with Gasteiger partial charge in [-0.3, -0.25) is 15.4 Å². The number of esters is 1. The van der Waals surface area contributed by atoms with E-state index in [1.54, 1.807) is 35.9 Å². The minimum Gasteiger partial charge on any atom is -0.484 e. The van der Waals surface area contributed by atoms with Gasteiger partial charge in [0.05, 0.1) is 18.8 Å². The number of urea groups is 1. The molecule has 0 saturated heterocycles. The topological polar surface area (TPSA) is 145 Å². The van der Waals surface area contributed by atoms with Crippen LogP contribution in [0.15, 0.2) is 54.7 Å².